The molecular formula is C20H13FN2O4. The maximum atomic E-state index is 12.9. The van der Waals surface area contributed by atoms with E-state index >= 15 is 0 Å². The highest BCUT2D eigenvalue weighted by Gasteiger charge is 2.13. The van der Waals surface area contributed by atoms with Crippen molar-refractivity contribution in [2.24, 2.45) is 5.10 Å². The van der Waals surface area contributed by atoms with Crippen molar-refractivity contribution in [1.29, 1.82) is 0 Å². The average molecular weight is 364 g/mol. The molecule has 3 N–H and O–H groups in total. The van der Waals surface area contributed by atoms with Crippen LogP contribution in [0, 0.1) is 5.82 Å². The number of phenolic OH excluding ortho intramolecular Hbond substituents is 2. The van der Waals surface area contributed by atoms with Crippen LogP contribution in [0.3, 0.4) is 0 Å². The molecule has 1 heterocycles. The van der Waals surface area contributed by atoms with Gasteiger partial charge >= 0.3 is 0 Å². The fourth-order valence-electron chi connectivity index (χ4n) is 2.75. The average Bonchev–Trinajstić information content (AvgIpc) is 2.62. The minimum Gasteiger partial charge on any atom is -0.508 e. The second-order valence-corrected chi connectivity index (χ2v) is 5.90. The van der Waals surface area contributed by atoms with Crippen LogP contribution in [-0.4, -0.2) is 16.4 Å². The summed E-state index contributed by atoms with van der Waals surface area (Å²) in [6, 6.07) is 13.0. The standard InChI is InChI=1S/C20H13FN2O4/c21-12-2-4-13(5-3-12)23-22-10-11-1-6-15-17(7-11)27-18-9-14(24)8-16(25)19(18)20(15)26/h1-10,23-25H/b22-10+. The summed E-state index contributed by atoms with van der Waals surface area (Å²) in [5.41, 5.74) is 4.04. The fraction of sp³-hybridized carbons (Fsp3) is 0. The summed E-state index contributed by atoms with van der Waals surface area (Å²) in [6.07, 6.45) is 1.52. The second-order valence-electron chi connectivity index (χ2n) is 5.90. The van der Waals surface area contributed by atoms with Gasteiger partial charge in [-0.05, 0) is 42.0 Å². The highest BCUT2D eigenvalue weighted by molar-refractivity contribution is 5.95. The van der Waals surface area contributed by atoms with E-state index in [0.717, 1.165) is 6.07 Å². The molecule has 0 fully saturated rings. The number of fused-ring (bicyclic) bond motifs is 2. The molecule has 1 aromatic heterocycles. The molecule has 134 valence electrons. The predicted octanol–water partition coefficient (Wildman–Crippen LogP) is 3.94. The molecule has 0 bridgehead atoms. The molecule has 0 saturated carbocycles. The number of rotatable bonds is 3. The molecule has 0 aliphatic rings. The summed E-state index contributed by atoms with van der Waals surface area (Å²) < 4.78 is 18.5. The number of hydrogen-bond donors (Lipinski definition) is 3. The first kappa shape index (κ1) is 16.6. The van der Waals surface area contributed by atoms with Gasteiger partial charge in [-0.15, -0.1) is 0 Å². The molecule has 0 saturated heterocycles. The van der Waals surface area contributed by atoms with E-state index in [1.165, 1.54) is 24.4 Å². The number of phenols is 2. The van der Waals surface area contributed by atoms with Crippen LogP contribution in [0.15, 0.2) is 68.9 Å². The zero-order valence-electron chi connectivity index (χ0n) is 13.8. The zero-order valence-corrected chi connectivity index (χ0v) is 13.8. The normalized spacial score (nSPS) is 11.4. The molecule has 0 atom stereocenters. The Morgan fingerprint density at radius 1 is 1.00 bits per heavy atom. The summed E-state index contributed by atoms with van der Waals surface area (Å²) in [6.45, 7) is 0. The highest BCUT2D eigenvalue weighted by Crippen LogP contribution is 2.29. The molecule has 6 nitrogen and oxygen atoms in total. The molecular weight excluding hydrogens is 351 g/mol. The minimum absolute atomic E-state index is 0.0136. The monoisotopic (exact) mass is 364 g/mol. The van der Waals surface area contributed by atoms with Crippen molar-refractivity contribution >= 4 is 33.8 Å². The first-order chi connectivity index (χ1) is 13.0. The summed E-state index contributed by atoms with van der Waals surface area (Å²) in [5.74, 6) is -0.878. The van der Waals surface area contributed by atoms with Crippen LogP contribution in [0.2, 0.25) is 0 Å². The van der Waals surface area contributed by atoms with Crippen LogP contribution in [0.5, 0.6) is 11.5 Å². The molecule has 0 unspecified atom stereocenters. The van der Waals surface area contributed by atoms with Gasteiger partial charge in [0.05, 0.1) is 17.3 Å². The Morgan fingerprint density at radius 2 is 1.78 bits per heavy atom. The van der Waals surface area contributed by atoms with Crippen LogP contribution in [0.1, 0.15) is 5.56 Å². The summed E-state index contributed by atoms with van der Waals surface area (Å²) in [4.78, 5) is 12.6. The van der Waals surface area contributed by atoms with Crippen molar-refractivity contribution in [2.75, 3.05) is 5.43 Å². The first-order valence-electron chi connectivity index (χ1n) is 7.98. The Balaban J connectivity index is 1.71. The Morgan fingerprint density at radius 3 is 2.56 bits per heavy atom. The molecule has 0 aliphatic carbocycles. The van der Waals surface area contributed by atoms with Crippen molar-refractivity contribution in [2.45, 2.75) is 0 Å². The van der Waals surface area contributed by atoms with Crippen molar-refractivity contribution in [3.05, 3.63) is 76.2 Å². The Labute approximate surface area is 151 Å². The van der Waals surface area contributed by atoms with E-state index in [9.17, 15) is 19.4 Å². The van der Waals surface area contributed by atoms with Crippen LogP contribution >= 0.6 is 0 Å². The number of aromatic hydroxyl groups is 2. The van der Waals surface area contributed by atoms with E-state index < -0.39 is 5.43 Å². The fourth-order valence-corrected chi connectivity index (χ4v) is 2.75. The SMILES string of the molecule is O=c1c2ccc(/C=N/Nc3ccc(F)cc3)cc2oc2cc(O)cc(O)c12. The van der Waals surface area contributed by atoms with E-state index in [-0.39, 0.29) is 28.3 Å². The third-order valence-electron chi connectivity index (χ3n) is 4.01. The topological polar surface area (TPSA) is 95.1 Å². The van der Waals surface area contributed by atoms with Crippen LogP contribution in [0.25, 0.3) is 21.9 Å². The second kappa shape index (κ2) is 6.45. The van der Waals surface area contributed by atoms with E-state index in [1.54, 1.807) is 30.3 Å². The number of nitrogens with zero attached hydrogens (tertiary/aromatic N) is 1. The van der Waals surface area contributed by atoms with E-state index in [0.29, 0.717) is 22.2 Å². The van der Waals surface area contributed by atoms with E-state index in [1.807, 2.05) is 0 Å². The summed E-state index contributed by atoms with van der Waals surface area (Å²) >= 11 is 0. The van der Waals surface area contributed by atoms with E-state index in [4.69, 9.17) is 4.42 Å². The third kappa shape index (κ3) is 3.18. The van der Waals surface area contributed by atoms with Gasteiger partial charge in [0.15, 0.2) is 0 Å². The lowest BCUT2D eigenvalue weighted by molar-refractivity contribution is 0.453. The lowest BCUT2D eigenvalue weighted by Gasteiger charge is -2.05. The van der Waals surface area contributed by atoms with Crippen molar-refractivity contribution in [1.82, 2.24) is 0 Å². The number of benzene rings is 3. The zero-order chi connectivity index (χ0) is 19.0. The Bertz CT molecular complexity index is 1250. The molecule has 3 aromatic carbocycles. The van der Waals surface area contributed by atoms with Crippen LogP contribution in [-0.2, 0) is 0 Å². The number of anilines is 1. The van der Waals surface area contributed by atoms with Crippen LogP contribution < -0.4 is 10.9 Å². The molecule has 0 aliphatic heterocycles. The lowest BCUT2D eigenvalue weighted by Crippen LogP contribution is -2.02. The molecule has 0 radical (unpaired) electrons. The van der Waals surface area contributed by atoms with Gasteiger partial charge < -0.3 is 14.6 Å². The Hall–Kier alpha value is -3.87. The number of nitrogens with one attached hydrogen (secondary N) is 1. The molecule has 0 spiro atoms. The number of hydrogen-bond acceptors (Lipinski definition) is 6. The van der Waals surface area contributed by atoms with E-state index in [2.05, 4.69) is 10.5 Å². The number of halogens is 1. The summed E-state index contributed by atoms with van der Waals surface area (Å²) in [7, 11) is 0. The smallest absolute Gasteiger partial charge is 0.204 e. The highest BCUT2D eigenvalue weighted by atomic mass is 19.1. The predicted molar refractivity (Wildman–Crippen MR) is 101 cm³/mol. The molecule has 4 rings (SSSR count). The van der Waals surface area contributed by atoms with Crippen LogP contribution in [0.4, 0.5) is 10.1 Å². The van der Waals surface area contributed by atoms with Gasteiger partial charge in [0.1, 0.15) is 33.9 Å². The van der Waals surface area contributed by atoms with Gasteiger partial charge in [-0.3, -0.25) is 10.2 Å². The van der Waals surface area contributed by atoms with Crippen molar-refractivity contribution in [3.63, 3.8) is 0 Å². The minimum atomic E-state index is -0.392. The quantitative estimate of drug-likeness (QED) is 0.291. The third-order valence-corrected chi connectivity index (χ3v) is 4.01. The van der Waals surface area contributed by atoms with Gasteiger partial charge in [0.2, 0.25) is 5.43 Å². The van der Waals surface area contributed by atoms with Gasteiger partial charge in [0, 0.05) is 12.1 Å². The molecule has 0 amide bonds. The molecule has 7 heteroatoms. The number of hydrazone groups is 1. The van der Waals surface area contributed by atoms with Gasteiger partial charge in [-0.1, -0.05) is 6.07 Å². The lowest BCUT2D eigenvalue weighted by atomic mass is 10.1. The van der Waals surface area contributed by atoms with Gasteiger partial charge in [-0.25, -0.2) is 4.39 Å². The molecule has 27 heavy (non-hydrogen) atoms. The van der Waals surface area contributed by atoms with Gasteiger partial charge in [-0.2, -0.15) is 5.10 Å². The van der Waals surface area contributed by atoms with Crippen molar-refractivity contribution < 1.29 is 19.0 Å². The summed E-state index contributed by atoms with van der Waals surface area (Å²) in [5, 5.41) is 23.9. The largest absolute Gasteiger partial charge is 0.508 e. The van der Waals surface area contributed by atoms with Crippen molar-refractivity contribution in [3.8, 4) is 11.5 Å². The van der Waals surface area contributed by atoms with Gasteiger partial charge in [0.25, 0.3) is 0 Å². The maximum Gasteiger partial charge on any atom is 0.204 e. The maximum absolute atomic E-state index is 12.9. The molecule has 4 aromatic rings. The first-order valence-corrected chi connectivity index (χ1v) is 7.98. The Kier molecular flexibility index (Phi) is 3.97.